The third-order valence-corrected chi connectivity index (χ3v) is 1.45. The van der Waals surface area contributed by atoms with E-state index in [1.165, 1.54) is 12.3 Å². The molecule has 68 valence electrons. The van der Waals surface area contributed by atoms with Crippen LogP contribution in [0.4, 0.5) is 0 Å². The quantitative estimate of drug-likeness (QED) is 0.722. The van der Waals surface area contributed by atoms with E-state index >= 15 is 0 Å². The molecule has 0 heterocycles. The lowest BCUT2D eigenvalue weighted by Crippen LogP contribution is -1.98. The van der Waals surface area contributed by atoms with Gasteiger partial charge in [0.1, 0.15) is 11.3 Å². The van der Waals surface area contributed by atoms with Crippen molar-refractivity contribution in [1.82, 2.24) is 0 Å². The van der Waals surface area contributed by atoms with E-state index in [1.807, 2.05) is 0 Å². The highest BCUT2D eigenvalue weighted by atomic mass is 16.5. The van der Waals surface area contributed by atoms with Crippen LogP contribution in [0.15, 0.2) is 36.6 Å². The van der Waals surface area contributed by atoms with Gasteiger partial charge in [-0.25, -0.2) is 4.79 Å². The van der Waals surface area contributed by atoms with E-state index in [2.05, 4.69) is 0 Å². The summed E-state index contributed by atoms with van der Waals surface area (Å²) in [5, 5.41) is 8.76. The lowest BCUT2D eigenvalue weighted by molar-refractivity contribution is 0.0694. The minimum Gasteiger partial charge on any atom is -0.478 e. The van der Waals surface area contributed by atoms with E-state index in [9.17, 15) is 4.79 Å². The van der Waals surface area contributed by atoms with Crippen LogP contribution in [0.25, 0.3) is 0 Å². The second kappa shape index (κ2) is 4.30. The molecule has 0 unspecified atom stereocenters. The van der Waals surface area contributed by atoms with E-state index in [1.54, 1.807) is 31.2 Å². The van der Waals surface area contributed by atoms with Crippen LogP contribution in [-0.2, 0) is 0 Å². The molecule has 0 fully saturated rings. The molecule has 0 saturated carbocycles. The number of carbonyl (C=O) groups is 1. The van der Waals surface area contributed by atoms with Crippen LogP contribution in [0.2, 0.25) is 0 Å². The molecule has 1 rings (SSSR count). The van der Waals surface area contributed by atoms with Crippen molar-refractivity contribution in [2.45, 2.75) is 6.92 Å². The highest BCUT2D eigenvalue weighted by Crippen LogP contribution is 2.17. The molecule has 1 aromatic carbocycles. The van der Waals surface area contributed by atoms with Crippen LogP contribution in [0.3, 0.4) is 0 Å². The number of carboxylic acids is 1. The molecule has 0 amide bonds. The number of hydrogen-bond donors (Lipinski definition) is 1. The second-order valence-electron chi connectivity index (χ2n) is 2.39. The van der Waals surface area contributed by atoms with Crippen molar-refractivity contribution in [3.63, 3.8) is 0 Å². The molecule has 3 heteroatoms. The van der Waals surface area contributed by atoms with Crippen molar-refractivity contribution in [2.75, 3.05) is 0 Å². The first-order valence-corrected chi connectivity index (χ1v) is 3.86. The number of aromatic carboxylic acids is 1. The van der Waals surface area contributed by atoms with Crippen LogP contribution in [0.5, 0.6) is 5.75 Å². The van der Waals surface area contributed by atoms with Gasteiger partial charge in [-0.3, -0.25) is 0 Å². The first-order chi connectivity index (χ1) is 6.25. The lowest BCUT2D eigenvalue weighted by atomic mass is 10.2. The van der Waals surface area contributed by atoms with Gasteiger partial charge in [-0.2, -0.15) is 0 Å². The maximum absolute atomic E-state index is 10.7. The van der Waals surface area contributed by atoms with Crippen LogP contribution in [-0.4, -0.2) is 11.1 Å². The summed E-state index contributed by atoms with van der Waals surface area (Å²) in [6.07, 6.45) is 3.14. The molecule has 1 aromatic rings. The number of carboxylic acid groups (broad SMARTS) is 1. The van der Waals surface area contributed by atoms with E-state index in [4.69, 9.17) is 9.84 Å². The average molecular weight is 178 g/mol. The minimum atomic E-state index is -0.986. The zero-order valence-corrected chi connectivity index (χ0v) is 7.23. The van der Waals surface area contributed by atoms with Gasteiger partial charge in [0.2, 0.25) is 0 Å². The summed E-state index contributed by atoms with van der Waals surface area (Å²) < 4.78 is 5.09. The molecule has 13 heavy (non-hydrogen) atoms. The fourth-order valence-corrected chi connectivity index (χ4v) is 0.887. The average Bonchev–Trinajstić information content (AvgIpc) is 2.15. The van der Waals surface area contributed by atoms with Gasteiger partial charge in [-0.05, 0) is 19.1 Å². The Hall–Kier alpha value is -1.77. The number of benzene rings is 1. The molecular weight excluding hydrogens is 168 g/mol. The van der Waals surface area contributed by atoms with Crippen molar-refractivity contribution in [2.24, 2.45) is 0 Å². The molecule has 0 aliphatic heterocycles. The van der Waals surface area contributed by atoms with E-state index in [0.29, 0.717) is 5.75 Å². The van der Waals surface area contributed by atoms with Crippen molar-refractivity contribution >= 4 is 5.97 Å². The van der Waals surface area contributed by atoms with Crippen LogP contribution in [0.1, 0.15) is 17.3 Å². The Balaban J connectivity index is 2.97. The second-order valence-corrected chi connectivity index (χ2v) is 2.39. The topological polar surface area (TPSA) is 46.5 Å². The third kappa shape index (κ3) is 2.33. The molecule has 3 nitrogen and oxygen atoms in total. The molecule has 0 atom stereocenters. The predicted molar refractivity (Wildman–Crippen MR) is 48.8 cm³/mol. The first kappa shape index (κ1) is 9.32. The molecule has 0 saturated heterocycles. The van der Waals surface area contributed by atoms with E-state index in [-0.39, 0.29) is 5.56 Å². The van der Waals surface area contributed by atoms with Gasteiger partial charge >= 0.3 is 5.97 Å². The lowest BCUT2D eigenvalue weighted by Gasteiger charge is -2.02. The molecular formula is C10H10O3. The highest BCUT2D eigenvalue weighted by Gasteiger charge is 2.08. The maximum Gasteiger partial charge on any atom is 0.339 e. The Kier molecular flexibility index (Phi) is 3.09. The summed E-state index contributed by atoms with van der Waals surface area (Å²) in [5.74, 6) is -0.631. The Morgan fingerprint density at radius 1 is 1.46 bits per heavy atom. The van der Waals surface area contributed by atoms with Gasteiger partial charge in [0, 0.05) is 0 Å². The summed E-state index contributed by atoms with van der Waals surface area (Å²) in [6.45, 7) is 1.80. The van der Waals surface area contributed by atoms with Crippen molar-refractivity contribution < 1.29 is 14.6 Å². The highest BCUT2D eigenvalue weighted by molar-refractivity contribution is 5.90. The Morgan fingerprint density at radius 2 is 2.15 bits per heavy atom. The van der Waals surface area contributed by atoms with Gasteiger partial charge in [0.25, 0.3) is 0 Å². The number of para-hydroxylation sites is 1. The molecule has 0 spiro atoms. The molecule has 0 aromatic heterocycles. The summed E-state index contributed by atoms with van der Waals surface area (Å²) in [4.78, 5) is 10.7. The van der Waals surface area contributed by atoms with Gasteiger partial charge in [-0.15, -0.1) is 0 Å². The van der Waals surface area contributed by atoms with Crippen molar-refractivity contribution in [3.8, 4) is 5.75 Å². The SMILES string of the molecule is C/C=C\Oc1ccccc1C(=O)O. The Morgan fingerprint density at radius 3 is 2.77 bits per heavy atom. The zero-order chi connectivity index (χ0) is 9.68. The van der Waals surface area contributed by atoms with Gasteiger partial charge in [0.15, 0.2) is 0 Å². The Bertz CT molecular complexity index is 329. The molecule has 0 radical (unpaired) electrons. The van der Waals surface area contributed by atoms with E-state index < -0.39 is 5.97 Å². The fraction of sp³-hybridized carbons (Fsp3) is 0.100. The summed E-state index contributed by atoms with van der Waals surface area (Å²) in [5.41, 5.74) is 0.167. The fourth-order valence-electron chi connectivity index (χ4n) is 0.887. The van der Waals surface area contributed by atoms with Crippen LogP contribution >= 0.6 is 0 Å². The maximum atomic E-state index is 10.7. The van der Waals surface area contributed by atoms with Gasteiger partial charge in [-0.1, -0.05) is 18.2 Å². The number of hydrogen-bond acceptors (Lipinski definition) is 2. The van der Waals surface area contributed by atoms with E-state index in [0.717, 1.165) is 0 Å². The standard InChI is InChI=1S/C10H10O3/c1-2-7-13-9-6-4-3-5-8(9)10(11)12/h2-7H,1H3,(H,11,12)/b7-2-. The normalized spacial score (nSPS) is 10.2. The molecule has 0 aliphatic rings. The molecule has 0 aliphatic carbocycles. The molecule has 1 N–H and O–H groups in total. The van der Waals surface area contributed by atoms with Gasteiger partial charge in [0.05, 0.1) is 6.26 Å². The summed E-state index contributed by atoms with van der Waals surface area (Å²) >= 11 is 0. The molecule has 0 bridgehead atoms. The van der Waals surface area contributed by atoms with Gasteiger partial charge < -0.3 is 9.84 Å². The first-order valence-electron chi connectivity index (χ1n) is 3.86. The number of ether oxygens (including phenoxy) is 1. The van der Waals surface area contributed by atoms with Crippen molar-refractivity contribution in [3.05, 3.63) is 42.2 Å². The monoisotopic (exact) mass is 178 g/mol. The smallest absolute Gasteiger partial charge is 0.339 e. The summed E-state index contributed by atoms with van der Waals surface area (Å²) in [6, 6.07) is 6.50. The Labute approximate surface area is 76.3 Å². The van der Waals surface area contributed by atoms with Crippen LogP contribution < -0.4 is 4.74 Å². The predicted octanol–water partition coefficient (Wildman–Crippen LogP) is 2.30. The number of rotatable bonds is 3. The van der Waals surface area contributed by atoms with Crippen LogP contribution in [0, 0.1) is 0 Å². The largest absolute Gasteiger partial charge is 0.478 e. The zero-order valence-electron chi connectivity index (χ0n) is 7.23. The third-order valence-electron chi connectivity index (χ3n) is 1.45. The summed E-state index contributed by atoms with van der Waals surface area (Å²) in [7, 11) is 0. The van der Waals surface area contributed by atoms with Crippen molar-refractivity contribution in [1.29, 1.82) is 0 Å². The number of allylic oxidation sites excluding steroid dienone is 1. The minimum absolute atomic E-state index is 0.167.